The number of nitrogens with one attached hydrogen (secondary N) is 1. The van der Waals surface area contributed by atoms with Gasteiger partial charge in [0.15, 0.2) is 0 Å². The molecule has 0 unspecified atom stereocenters. The molecule has 0 aliphatic carbocycles. The van der Waals surface area contributed by atoms with Crippen LogP contribution in [0.3, 0.4) is 0 Å². The Morgan fingerprint density at radius 2 is 1.67 bits per heavy atom. The van der Waals surface area contributed by atoms with Gasteiger partial charge < -0.3 is 14.6 Å². The van der Waals surface area contributed by atoms with Gasteiger partial charge >= 0.3 is 0 Å². The molecule has 5 heteroatoms. The van der Waals surface area contributed by atoms with Gasteiger partial charge in [-0.1, -0.05) is 30.3 Å². The number of H-pyrrole nitrogens is 1. The summed E-state index contributed by atoms with van der Waals surface area (Å²) in [7, 11) is 0. The number of anilines is 1. The Labute approximate surface area is 176 Å². The van der Waals surface area contributed by atoms with Crippen molar-refractivity contribution in [1.82, 2.24) is 14.9 Å². The van der Waals surface area contributed by atoms with Gasteiger partial charge in [-0.3, -0.25) is 4.90 Å². The molecule has 1 aliphatic rings. The number of aromatic amines is 1. The zero-order chi connectivity index (χ0) is 20.2. The number of aromatic nitrogens is 2. The van der Waals surface area contributed by atoms with Crippen molar-refractivity contribution in [2.45, 2.75) is 13.2 Å². The molecular weight excluding hydrogens is 372 g/mol. The van der Waals surface area contributed by atoms with Crippen LogP contribution in [0.5, 0.6) is 5.75 Å². The quantitative estimate of drug-likeness (QED) is 0.521. The number of nitrogens with zero attached hydrogens (tertiary/aromatic N) is 3. The van der Waals surface area contributed by atoms with Crippen LogP contribution in [0.15, 0.2) is 79.1 Å². The summed E-state index contributed by atoms with van der Waals surface area (Å²) in [5, 5.41) is 1.23. The van der Waals surface area contributed by atoms with E-state index in [0.29, 0.717) is 6.61 Å². The fourth-order valence-corrected chi connectivity index (χ4v) is 4.04. The van der Waals surface area contributed by atoms with E-state index in [2.05, 4.69) is 68.4 Å². The number of ether oxygens (including phenoxy) is 1. The van der Waals surface area contributed by atoms with Gasteiger partial charge in [0.1, 0.15) is 18.0 Å². The van der Waals surface area contributed by atoms with Crippen LogP contribution in [0.1, 0.15) is 11.1 Å². The molecule has 1 N–H and O–H groups in total. The topological polar surface area (TPSA) is 44.4 Å². The number of benzene rings is 2. The Hall–Kier alpha value is -3.31. The van der Waals surface area contributed by atoms with Gasteiger partial charge in [0, 0.05) is 56.2 Å². The van der Waals surface area contributed by atoms with Crippen molar-refractivity contribution in [2.75, 3.05) is 31.1 Å². The lowest BCUT2D eigenvalue weighted by atomic mass is 10.2. The molecule has 2 aromatic carbocycles. The van der Waals surface area contributed by atoms with Crippen LogP contribution in [-0.2, 0) is 13.2 Å². The first-order chi connectivity index (χ1) is 14.8. The Morgan fingerprint density at radius 3 is 2.47 bits per heavy atom. The van der Waals surface area contributed by atoms with Gasteiger partial charge in [0.2, 0.25) is 0 Å². The summed E-state index contributed by atoms with van der Waals surface area (Å²) in [6, 6.07) is 22.9. The lowest BCUT2D eigenvalue weighted by Gasteiger charge is -2.36. The average Bonchev–Trinajstić information content (AvgIpc) is 3.22. The molecule has 0 spiro atoms. The summed E-state index contributed by atoms with van der Waals surface area (Å²) in [5.74, 6) is 0.911. The second-order valence-electron chi connectivity index (χ2n) is 7.74. The summed E-state index contributed by atoms with van der Waals surface area (Å²) in [5.41, 5.74) is 4.74. The standard InChI is InChI=1S/C25H26N4O/c1-2-5-20(6-3-1)19-30-23-10-8-22(9-11-23)29-15-13-28(14-16-29)18-21-17-27-25-24(21)7-4-12-26-25/h1-12,17H,13-16,18-19H2,(H,26,27). The Bertz CT molecular complexity index is 1080. The van der Waals surface area contributed by atoms with E-state index in [4.69, 9.17) is 4.74 Å². The lowest BCUT2D eigenvalue weighted by molar-refractivity contribution is 0.250. The van der Waals surface area contributed by atoms with Crippen molar-refractivity contribution in [2.24, 2.45) is 0 Å². The van der Waals surface area contributed by atoms with E-state index >= 15 is 0 Å². The summed E-state index contributed by atoms with van der Waals surface area (Å²) in [4.78, 5) is 12.6. The number of piperazine rings is 1. The van der Waals surface area contributed by atoms with Crippen LogP contribution >= 0.6 is 0 Å². The number of pyridine rings is 1. The predicted molar refractivity (Wildman–Crippen MR) is 121 cm³/mol. The molecule has 1 fully saturated rings. The monoisotopic (exact) mass is 398 g/mol. The molecule has 1 aliphatic heterocycles. The molecule has 0 amide bonds. The molecule has 0 saturated carbocycles. The molecule has 152 valence electrons. The van der Waals surface area contributed by atoms with Crippen molar-refractivity contribution in [3.8, 4) is 5.75 Å². The first kappa shape index (κ1) is 18.7. The maximum atomic E-state index is 5.91. The minimum absolute atomic E-state index is 0.599. The molecule has 5 rings (SSSR count). The number of hydrogen-bond acceptors (Lipinski definition) is 4. The fourth-order valence-electron chi connectivity index (χ4n) is 4.04. The van der Waals surface area contributed by atoms with Gasteiger partial charge in [-0.2, -0.15) is 0 Å². The molecule has 5 nitrogen and oxygen atoms in total. The van der Waals surface area contributed by atoms with E-state index < -0.39 is 0 Å². The highest BCUT2D eigenvalue weighted by Gasteiger charge is 2.18. The van der Waals surface area contributed by atoms with Crippen LogP contribution in [0.2, 0.25) is 0 Å². The molecule has 1 saturated heterocycles. The lowest BCUT2D eigenvalue weighted by Crippen LogP contribution is -2.45. The number of hydrogen-bond donors (Lipinski definition) is 1. The van der Waals surface area contributed by atoms with Crippen molar-refractivity contribution in [1.29, 1.82) is 0 Å². The molecule has 0 bridgehead atoms. The fraction of sp³-hybridized carbons (Fsp3) is 0.240. The zero-order valence-electron chi connectivity index (χ0n) is 17.0. The van der Waals surface area contributed by atoms with Crippen LogP contribution in [0.25, 0.3) is 11.0 Å². The highest BCUT2D eigenvalue weighted by atomic mass is 16.5. The second kappa shape index (κ2) is 8.59. The summed E-state index contributed by atoms with van der Waals surface area (Å²) < 4.78 is 5.91. The summed E-state index contributed by atoms with van der Waals surface area (Å²) >= 11 is 0. The second-order valence-corrected chi connectivity index (χ2v) is 7.74. The van der Waals surface area contributed by atoms with Gasteiger partial charge in [0.05, 0.1) is 0 Å². The molecule has 2 aromatic heterocycles. The first-order valence-electron chi connectivity index (χ1n) is 10.5. The van der Waals surface area contributed by atoms with E-state index in [-0.39, 0.29) is 0 Å². The molecule has 30 heavy (non-hydrogen) atoms. The van der Waals surface area contributed by atoms with E-state index in [1.807, 2.05) is 30.5 Å². The third-order valence-electron chi connectivity index (χ3n) is 5.75. The molecule has 4 aromatic rings. The maximum absolute atomic E-state index is 5.91. The molecule has 0 radical (unpaired) electrons. The largest absolute Gasteiger partial charge is 0.489 e. The van der Waals surface area contributed by atoms with Gasteiger partial charge in [-0.05, 0) is 47.5 Å². The maximum Gasteiger partial charge on any atom is 0.137 e. The van der Waals surface area contributed by atoms with Gasteiger partial charge in [-0.15, -0.1) is 0 Å². The normalized spacial score (nSPS) is 14.9. The van der Waals surface area contributed by atoms with Crippen LogP contribution in [-0.4, -0.2) is 41.0 Å². The van der Waals surface area contributed by atoms with E-state index in [0.717, 1.165) is 44.1 Å². The third kappa shape index (κ3) is 4.16. The van der Waals surface area contributed by atoms with E-state index in [1.54, 1.807) is 0 Å². The molecular formula is C25H26N4O. The highest BCUT2D eigenvalue weighted by Crippen LogP contribution is 2.23. The van der Waals surface area contributed by atoms with Crippen molar-refractivity contribution in [3.05, 3.63) is 90.3 Å². The first-order valence-corrected chi connectivity index (χ1v) is 10.5. The SMILES string of the molecule is c1ccc(COc2ccc(N3CCN(Cc4c[nH]c5ncccc45)CC3)cc2)cc1. The van der Waals surface area contributed by atoms with E-state index in [9.17, 15) is 0 Å². The number of fused-ring (bicyclic) bond motifs is 1. The van der Waals surface area contributed by atoms with Gasteiger partial charge in [0.25, 0.3) is 0 Å². The minimum atomic E-state index is 0.599. The van der Waals surface area contributed by atoms with Crippen molar-refractivity contribution in [3.63, 3.8) is 0 Å². The summed E-state index contributed by atoms with van der Waals surface area (Å²) in [6.07, 6.45) is 3.93. The average molecular weight is 399 g/mol. The van der Waals surface area contributed by atoms with Crippen LogP contribution in [0, 0.1) is 0 Å². The Morgan fingerprint density at radius 1 is 0.867 bits per heavy atom. The molecule has 0 atom stereocenters. The van der Waals surface area contributed by atoms with Crippen LogP contribution < -0.4 is 9.64 Å². The molecule has 3 heterocycles. The highest BCUT2D eigenvalue weighted by molar-refractivity contribution is 5.79. The number of rotatable bonds is 6. The summed E-state index contributed by atoms with van der Waals surface area (Å²) in [6.45, 7) is 5.74. The Kier molecular flexibility index (Phi) is 5.36. The van der Waals surface area contributed by atoms with E-state index in [1.165, 1.54) is 22.2 Å². The minimum Gasteiger partial charge on any atom is -0.489 e. The predicted octanol–water partition coefficient (Wildman–Crippen LogP) is 4.46. The Balaban J connectivity index is 1.14. The van der Waals surface area contributed by atoms with Crippen molar-refractivity contribution >= 4 is 16.7 Å². The smallest absolute Gasteiger partial charge is 0.137 e. The van der Waals surface area contributed by atoms with Crippen molar-refractivity contribution < 1.29 is 4.74 Å². The third-order valence-corrected chi connectivity index (χ3v) is 5.75. The van der Waals surface area contributed by atoms with Crippen LogP contribution in [0.4, 0.5) is 5.69 Å². The zero-order valence-corrected chi connectivity index (χ0v) is 17.0. The van der Waals surface area contributed by atoms with Gasteiger partial charge in [-0.25, -0.2) is 4.98 Å².